The lowest BCUT2D eigenvalue weighted by Crippen LogP contribution is -1.96. The van der Waals surface area contributed by atoms with Gasteiger partial charge in [0, 0.05) is 36.9 Å². The van der Waals surface area contributed by atoms with Crippen LogP contribution in [0.15, 0.2) is 40.7 Å². The molecular formula is C11H13N3. The standard InChI is InChI=1S/C11H13N3/c1-9(13-3)11(8-12-2)10-4-6-14-7-5-10/h4-8H,2H2,1,3H3/b11-8+,13-9?. The van der Waals surface area contributed by atoms with Crippen LogP contribution in [0.4, 0.5) is 0 Å². The summed E-state index contributed by atoms with van der Waals surface area (Å²) in [7, 11) is 1.76. The Morgan fingerprint density at radius 2 is 2.07 bits per heavy atom. The van der Waals surface area contributed by atoms with E-state index in [4.69, 9.17) is 0 Å². The zero-order valence-electron chi connectivity index (χ0n) is 8.44. The van der Waals surface area contributed by atoms with Crippen molar-refractivity contribution in [1.82, 2.24) is 4.98 Å². The molecule has 14 heavy (non-hydrogen) atoms. The van der Waals surface area contributed by atoms with E-state index in [0.29, 0.717) is 0 Å². The van der Waals surface area contributed by atoms with E-state index in [1.807, 2.05) is 19.1 Å². The minimum Gasteiger partial charge on any atom is -0.293 e. The van der Waals surface area contributed by atoms with Crippen molar-refractivity contribution >= 4 is 18.0 Å². The quantitative estimate of drug-likeness (QED) is 0.668. The van der Waals surface area contributed by atoms with E-state index in [1.54, 1.807) is 25.6 Å². The Bertz CT molecular complexity index is 363. The fourth-order valence-electron chi connectivity index (χ4n) is 1.12. The van der Waals surface area contributed by atoms with E-state index in [2.05, 4.69) is 21.7 Å². The number of allylic oxidation sites excluding steroid dienone is 1. The number of rotatable bonds is 3. The van der Waals surface area contributed by atoms with Gasteiger partial charge in [-0.25, -0.2) is 0 Å². The van der Waals surface area contributed by atoms with Crippen molar-refractivity contribution in [1.29, 1.82) is 0 Å². The Morgan fingerprint density at radius 1 is 1.43 bits per heavy atom. The minimum atomic E-state index is 0.934. The molecule has 0 saturated heterocycles. The van der Waals surface area contributed by atoms with Gasteiger partial charge in [0.25, 0.3) is 0 Å². The largest absolute Gasteiger partial charge is 0.293 e. The third kappa shape index (κ3) is 2.36. The second kappa shape index (κ2) is 5.07. The molecule has 1 heterocycles. The van der Waals surface area contributed by atoms with E-state index < -0.39 is 0 Å². The molecule has 0 radical (unpaired) electrons. The molecule has 0 atom stereocenters. The normalized spacial score (nSPS) is 12.7. The molecule has 3 heteroatoms. The minimum absolute atomic E-state index is 0.934. The predicted octanol–water partition coefficient (Wildman–Crippen LogP) is 2.21. The van der Waals surface area contributed by atoms with Crippen molar-refractivity contribution in [2.75, 3.05) is 7.05 Å². The van der Waals surface area contributed by atoms with Crippen LogP contribution in [0.2, 0.25) is 0 Å². The molecular weight excluding hydrogens is 174 g/mol. The molecule has 0 aliphatic carbocycles. The van der Waals surface area contributed by atoms with E-state index in [0.717, 1.165) is 16.8 Å². The molecule has 0 saturated carbocycles. The van der Waals surface area contributed by atoms with Gasteiger partial charge in [0.2, 0.25) is 0 Å². The molecule has 0 bridgehead atoms. The highest BCUT2D eigenvalue weighted by atomic mass is 14.7. The summed E-state index contributed by atoms with van der Waals surface area (Å²) in [6.45, 7) is 5.39. The Morgan fingerprint density at radius 3 is 2.57 bits per heavy atom. The Balaban J connectivity index is 3.14. The van der Waals surface area contributed by atoms with Crippen LogP contribution in [0, 0.1) is 0 Å². The summed E-state index contributed by atoms with van der Waals surface area (Å²) < 4.78 is 0. The average Bonchev–Trinajstić information content (AvgIpc) is 2.26. The van der Waals surface area contributed by atoms with E-state index >= 15 is 0 Å². The summed E-state index contributed by atoms with van der Waals surface area (Å²) in [5, 5.41) is 0. The molecule has 1 aromatic rings. The van der Waals surface area contributed by atoms with Crippen LogP contribution in [0.3, 0.4) is 0 Å². The predicted molar refractivity (Wildman–Crippen MR) is 60.8 cm³/mol. The molecule has 0 N–H and O–H groups in total. The lowest BCUT2D eigenvalue weighted by atomic mass is 10.0. The van der Waals surface area contributed by atoms with Crippen molar-refractivity contribution in [2.24, 2.45) is 9.98 Å². The van der Waals surface area contributed by atoms with Crippen LogP contribution >= 0.6 is 0 Å². The summed E-state index contributed by atoms with van der Waals surface area (Å²) >= 11 is 0. The smallest absolute Gasteiger partial charge is 0.0407 e. The maximum absolute atomic E-state index is 4.12. The summed E-state index contributed by atoms with van der Waals surface area (Å²) in [6.07, 6.45) is 5.20. The first-order chi connectivity index (χ1) is 6.79. The van der Waals surface area contributed by atoms with Gasteiger partial charge < -0.3 is 0 Å². The summed E-state index contributed by atoms with van der Waals surface area (Å²) in [5.41, 5.74) is 2.96. The van der Waals surface area contributed by atoms with Gasteiger partial charge in [-0.15, -0.1) is 0 Å². The van der Waals surface area contributed by atoms with Crippen LogP contribution in [-0.4, -0.2) is 24.5 Å². The van der Waals surface area contributed by atoms with Gasteiger partial charge in [-0.05, 0) is 31.3 Å². The highest BCUT2D eigenvalue weighted by molar-refractivity contribution is 6.22. The first kappa shape index (κ1) is 10.3. The number of pyridine rings is 1. The topological polar surface area (TPSA) is 37.6 Å². The first-order valence-corrected chi connectivity index (χ1v) is 4.29. The molecule has 0 fully saturated rings. The summed E-state index contributed by atoms with van der Waals surface area (Å²) in [5.74, 6) is 0. The van der Waals surface area contributed by atoms with Crippen molar-refractivity contribution in [3.63, 3.8) is 0 Å². The number of hydrogen-bond acceptors (Lipinski definition) is 3. The zero-order chi connectivity index (χ0) is 10.4. The molecule has 1 rings (SSSR count). The maximum atomic E-state index is 4.12. The summed E-state index contributed by atoms with van der Waals surface area (Å²) in [4.78, 5) is 11.9. The third-order valence-electron chi connectivity index (χ3n) is 1.94. The van der Waals surface area contributed by atoms with Gasteiger partial charge >= 0.3 is 0 Å². The Labute approximate surface area is 83.9 Å². The van der Waals surface area contributed by atoms with Gasteiger partial charge in [-0.3, -0.25) is 15.0 Å². The Kier molecular flexibility index (Phi) is 3.73. The van der Waals surface area contributed by atoms with E-state index in [1.165, 1.54) is 0 Å². The first-order valence-electron chi connectivity index (χ1n) is 4.29. The van der Waals surface area contributed by atoms with Gasteiger partial charge in [0.1, 0.15) is 0 Å². The monoisotopic (exact) mass is 187 g/mol. The molecule has 0 aromatic carbocycles. The lowest BCUT2D eigenvalue weighted by Gasteiger charge is -2.04. The van der Waals surface area contributed by atoms with Gasteiger partial charge in [-0.2, -0.15) is 0 Å². The van der Waals surface area contributed by atoms with Crippen LogP contribution in [-0.2, 0) is 0 Å². The molecule has 72 valence electrons. The van der Waals surface area contributed by atoms with Crippen LogP contribution in [0.25, 0.3) is 5.57 Å². The van der Waals surface area contributed by atoms with Crippen molar-refractivity contribution in [3.05, 3.63) is 36.3 Å². The molecule has 1 aromatic heterocycles. The Hall–Kier alpha value is -1.77. The third-order valence-corrected chi connectivity index (χ3v) is 1.94. The molecule has 3 nitrogen and oxygen atoms in total. The highest BCUT2D eigenvalue weighted by Crippen LogP contribution is 2.15. The average molecular weight is 187 g/mol. The van der Waals surface area contributed by atoms with Gasteiger partial charge in [-0.1, -0.05) is 0 Å². The van der Waals surface area contributed by atoms with E-state index in [9.17, 15) is 0 Å². The van der Waals surface area contributed by atoms with Crippen molar-refractivity contribution < 1.29 is 0 Å². The second-order valence-corrected chi connectivity index (χ2v) is 2.77. The molecule has 0 aliphatic heterocycles. The van der Waals surface area contributed by atoms with Crippen LogP contribution in [0.5, 0.6) is 0 Å². The van der Waals surface area contributed by atoms with Gasteiger partial charge in [0.05, 0.1) is 0 Å². The number of hydrogen-bond donors (Lipinski definition) is 0. The molecule has 0 unspecified atom stereocenters. The van der Waals surface area contributed by atoms with Crippen LogP contribution in [0.1, 0.15) is 12.5 Å². The number of nitrogens with zero attached hydrogens (tertiary/aromatic N) is 3. The van der Waals surface area contributed by atoms with Crippen molar-refractivity contribution in [3.8, 4) is 0 Å². The lowest BCUT2D eigenvalue weighted by molar-refractivity contribution is 1.31. The molecule has 0 spiro atoms. The van der Waals surface area contributed by atoms with Crippen LogP contribution < -0.4 is 0 Å². The number of aliphatic imine (C=N–C) groups is 2. The number of aromatic nitrogens is 1. The SMILES string of the molecule is C=N/C=C(\C(C)=NC)c1ccncc1. The summed E-state index contributed by atoms with van der Waals surface area (Å²) in [6, 6.07) is 3.84. The van der Waals surface area contributed by atoms with Gasteiger partial charge in [0.15, 0.2) is 0 Å². The fourth-order valence-corrected chi connectivity index (χ4v) is 1.12. The second-order valence-electron chi connectivity index (χ2n) is 2.77. The highest BCUT2D eigenvalue weighted by Gasteiger charge is 2.03. The maximum Gasteiger partial charge on any atom is 0.0407 e. The zero-order valence-corrected chi connectivity index (χ0v) is 8.44. The fraction of sp³-hybridized carbons (Fsp3) is 0.182. The molecule has 0 amide bonds. The van der Waals surface area contributed by atoms with Crippen molar-refractivity contribution in [2.45, 2.75) is 6.92 Å². The molecule has 0 aliphatic rings. The van der Waals surface area contributed by atoms with E-state index in [-0.39, 0.29) is 0 Å².